The third kappa shape index (κ3) is 3.86. The molecule has 0 aliphatic carbocycles. The zero-order valence-electron chi connectivity index (χ0n) is 6.06. The number of hydrogen-bond donors (Lipinski definition) is 0. The molecule has 0 aliphatic rings. The minimum absolute atomic E-state index is 0.0000926. The van der Waals surface area contributed by atoms with E-state index in [9.17, 15) is 10.1 Å². The molecule has 0 heterocycles. The highest BCUT2D eigenvalue weighted by atomic mass is 16.6. The monoisotopic (exact) mass is 151 g/mol. The smallest absolute Gasteiger partial charge is 0.258 e. The van der Waals surface area contributed by atoms with Gasteiger partial charge < -0.3 is 0 Å². The van der Waals surface area contributed by atoms with Crippen molar-refractivity contribution in [3.63, 3.8) is 0 Å². The van der Waals surface area contributed by atoms with Crippen molar-refractivity contribution in [2.75, 3.05) is 0 Å². The van der Waals surface area contributed by atoms with Crippen LogP contribution in [0.25, 0.3) is 0 Å². The van der Waals surface area contributed by atoms with Crippen LogP contribution in [0.5, 0.6) is 0 Å². The zero-order chi connectivity index (χ0) is 8.69. The molecular weight excluding hydrogens is 142 g/mol. The fraction of sp³-hybridized carbons (Fsp3) is 0. The van der Waals surface area contributed by atoms with Crippen molar-refractivity contribution < 1.29 is 4.92 Å². The first-order valence-electron chi connectivity index (χ1n) is 2.98. The summed E-state index contributed by atoms with van der Waals surface area (Å²) in [5.41, 5.74) is -0.0000926. The van der Waals surface area contributed by atoms with Crippen molar-refractivity contribution in [2.45, 2.75) is 0 Å². The molecule has 0 saturated heterocycles. The fourth-order valence-electron chi connectivity index (χ4n) is 0.465. The summed E-state index contributed by atoms with van der Waals surface area (Å²) < 4.78 is 0. The molecule has 0 aromatic rings. The van der Waals surface area contributed by atoms with Gasteiger partial charge in [-0.05, 0) is 0 Å². The molecule has 0 radical (unpaired) electrons. The maximum Gasteiger partial charge on any atom is 0.269 e. The lowest BCUT2D eigenvalue weighted by molar-refractivity contribution is -0.419. The lowest BCUT2D eigenvalue weighted by atomic mass is 10.3. The summed E-state index contributed by atoms with van der Waals surface area (Å²) in [6.45, 7) is 6.74. The molecule has 0 spiro atoms. The molecule has 0 amide bonds. The van der Waals surface area contributed by atoms with Gasteiger partial charge in [0.2, 0.25) is 0 Å². The van der Waals surface area contributed by atoms with Gasteiger partial charge in [-0.1, -0.05) is 31.4 Å². The van der Waals surface area contributed by atoms with Gasteiger partial charge in [0.1, 0.15) is 0 Å². The highest BCUT2D eigenvalue weighted by Crippen LogP contribution is 1.97. The molecule has 3 heteroatoms. The van der Waals surface area contributed by atoms with E-state index in [1.165, 1.54) is 30.4 Å². The Labute approximate surface area is 65.2 Å². The summed E-state index contributed by atoms with van der Waals surface area (Å²) in [4.78, 5) is 9.71. The van der Waals surface area contributed by atoms with Gasteiger partial charge in [0, 0.05) is 12.2 Å². The summed E-state index contributed by atoms with van der Waals surface area (Å²) in [6, 6.07) is 0. The molecule has 0 fully saturated rings. The fourth-order valence-corrected chi connectivity index (χ4v) is 0.465. The lowest BCUT2D eigenvalue weighted by Crippen LogP contribution is -1.93. The molecule has 0 unspecified atom stereocenters. The van der Waals surface area contributed by atoms with E-state index in [1.807, 2.05) is 0 Å². The largest absolute Gasteiger partial charge is 0.269 e. The van der Waals surface area contributed by atoms with Crippen LogP contribution in [0.1, 0.15) is 0 Å². The molecule has 11 heavy (non-hydrogen) atoms. The predicted octanol–water partition coefficient (Wildman–Crippen LogP) is 2.08. The predicted molar refractivity (Wildman–Crippen MR) is 44.6 cm³/mol. The van der Waals surface area contributed by atoms with Gasteiger partial charge in [0.25, 0.3) is 5.70 Å². The van der Waals surface area contributed by atoms with Gasteiger partial charge in [-0.15, -0.1) is 0 Å². The van der Waals surface area contributed by atoms with Gasteiger partial charge >= 0.3 is 0 Å². The van der Waals surface area contributed by atoms with E-state index >= 15 is 0 Å². The summed E-state index contributed by atoms with van der Waals surface area (Å²) in [5, 5.41) is 10.2. The number of nitro groups is 1. The SMILES string of the molecule is C=C/C=C\C(=C/C=C)[N+](=O)[O-]. The number of nitrogens with zero attached hydrogens (tertiary/aromatic N) is 1. The zero-order valence-corrected chi connectivity index (χ0v) is 6.06. The number of rotatable bonds is 4. The third-order valence-corrected chi connectivity index (χ3v) is 0.902. The van der Waals surface area contributed by atoms with Crippen molar-refractivity contribution in [3.05, 3.63) is 59.3 Å². The van der Waals surface area contributed by atoms with Crippen LogP contribution in [0.4, 0.5) is 0 Å². The van der Waals surface area contributed by atoms with Crippen LogP contribution in [0, 0.1) is 10.1 Å². The summed E-state index contributed by atoms with van der Waals surface area (Å²) in [6.07, 6.45) is 7.01. The second kappa shape index (κ2) is 5.17. The van der Waals surface area contributed by atoms with E-state index in [4.69, 9.17) is 0 Å². The second-order valence-corrected chi connectivity index (χ2v) is 1.68. The number of hydrogen-bond acceptors (Lipinski definition) is 2. The molecule has 0 aromatic heterocycles. The minimum Gasteiger partial charge on any atom is -0.258 e. The Hall–Kier alpha value is -1.64. The first kappa shape index (κ1) is 9.36. The molecule has 0 rings (SSSR count). The normalized spacial score (nSPS) is 11.5. The minimum atomic E-state index is -0.484. The Morgan fingerprint density at radius 3 is 2.36 bits per heavy atom. The van der Waals surface area contributed by atoms with E-state index in [2.05, 4.69) is 13.2 Å². The molecule has 3 nitrogen and oxygen atoms in total. The van der Waals surface area contributed by atoms with E-state index in [0.29, 0.717) is 0 Å². The Bertz CT molecular complexity index is 226. The van der Waals surface area contributed by atoms with Crippen LogP contribution >= 0.6 is 0 Å². The van der Waals surface area contributed by atoms with Crippen molar-refractivity contribution in [1.82, 2.24) is 0 Å². The number of allylic oxidation sites excluding steroid dienone is 5. The van der Waals surface area contributed by atoms with Crippen molar-refractivity contribution >= 4 is 0 Å². The maximum atomic E-state index is 10.2. The molecule has 0 aliphatic heterocycles. The van der Waals surface area contributed by atoms with E-state index < -0.39 is 4.92 Å². The molecule has 58 valence electrons. The lowest BCUT2D eigenvalue weighted by Gasteiger charge is -1.86. The summed E-state index contributed by atoms with van der Waals surface area (Å²) in [7, 11) is 0. The van der Waals surface area contributed by atoms with Crippen LogP contribution in [0.2, 0.25) is 0 Å². The Balaban J connectivity index is 4.47. The summed E-state index contributed by atoms with van der Waals surface area (Å²) >= 11 is 0. The molecule has 0 atom stereocenters. The highest BCUT2D eigenvalue weighted by Gasteiger charge is 2.01. The van der Waals surface area contributed by atoms with Crippen LogP contribution in [-0.2, 0) is 0 Å². The molecule has 0 bridgehead atoms. The van der Waals surface area contributed by atoms with Crippen molar-refractivity contribution in [3.8, 4) is 0 Å². The van der Waals surface area contributed by atoms with Gasteiger partial charge in [-0.2, -0.15) is 0 Å². The van der Waals surface area contributed by atoms with Gasteiger partial charge in [0.05, 0.1) is 4.92 Å². The van der Waals surface area contributed by atoms with Gasteiger partial charge in [-0.3, -0.25) is 10.1 Å². The van der Waals surface area contributed by atoms with Gasteiger partial charge in [-0.25, -0.2) is 0 Å². The topological polar surface area (TPSA) is 43.1 Å². The first-order chi connectivity index (χ1) is 5.22. The average Bonchev–Trinajstić information content (AvgIpc) is 1.97. The Kier molecular flexibility index (Phi) is 4.40. The third-order valence-electron chi connectivity index (χ3n) is 0.902. The molecule has 0 aromatic carbocycles. The van der Waals surface area contributed by atoms with Crippen LogP contribution in [0.3, 0.4) is 0 Å². The second-order valence-electron chi connectivity index (χ2n) is 1.68. The van der Waals surface area contributed by atoms with E-state index in [1.54, 1.807) is 0 Å². The quantitative estimate of drug-likeness (QED) is 0.350. The highest BCUT2D eigenvalue weighted by molar-refractivity contribution is 5.18. The Morgan fingerprint density at radius 1 is 1.36 bits per heavy atom. The maximum absolute atomic E-state index is 10.2. The van der Waals surface area contributed by atoms with E-state index in [0.717, 1.165) is 0 Å². The van der Waals surface area contributed by atoms with Crippen LogP contribution < -0.4 is 0 Å². The molecule has 0 saturated carbocycles. The van der Waals surface area contributed by atoms with Crippen molar-refractivity contribution in [1.29, 1.82) is 0 Å². The van der Waals surface area contributed by atoms with Crippen LogP contribution in [-0.4, -0.2) is 4.92 Å². The Morgan fingerprint density at radius 2 is 2.00 bits per heavy atom. The average molecular weight is 151 g/mol. The molecule has 0 N–H and O–H groups in total. The van der Waals surface area contributed by atoms with Crippen molar-refractivity contribution in [2.24, 2.45) is 0 Å². The van der Waals surface area contributed by atoms with Crippen LogP contribution in [0.15, 0.2) is 49.2 Å². The standard InChI is InChI=1S/C8H9NO2/c1-3-5-7-8(6-4-2)9(10)11/h3-7H,1-2H2/b7-5-,8-6+. The summed E-state index contributed by atoms with van der Waals surface area (Å²) in [5.74, 6) is 0. The first-order valence-corrected chi connectivity index (χ1v) is 2.98. The van der Waals surface area contributed by atoms with Gasteiger partial charge in [0.15, 0.2) is 0 Å². The van der Waals surface area contributed by atoms with E-state index in [-0.39, 0.29) is 5.70 Å². The molecular formula is C8H9NO2.